The molecule has 32 heavy (non-hydrogen) atoms. The minimum atomic E-state index is -0.519. The summed E-state index contributed by atoms with van der Waals surface area (Å²) in [4.78, 5) is 3.89. The van der Waals surface area contributed by atoms with Crippen molar-refractivity contribution in [2.45, 2.75) is 19.9 Å². The van der Waals surface area contributed by atoms with E-state index in [4.69, 9.17) is 0 Å². The predicted octanol–water partition coefficient (Wildman–Crippen LogP) is 4.89. The SMILES string of the molecule is CC(C)[C-]=C1C=CC=CC1=[NH+]C(CP(c1ccccc1)c1ccccc1)c1ccccc1. The van der Waals surface area contributed by atoms with Gasteiger partial charge in [-0.15, -0.1) is 11.6 Å². The van der Waals surface area contributed by atoms with E-state index >= 15 is 0 Å². The van der Waals surface area contributed by atoms with Crippen molar-refractivity contribution in [3.63, 3.8) is 0 Å². The molecule has 1 aliphatic rings. The van der Waals surface area contributed by atoms with E-state index in [2.05, 4.69) is 140 Å². The highest BCUT2D eigenvalue weighted by Crippen LogP contribution is 2.36. The summed E-state index contributed by atoms with van der Waals surface area (Å²) >= 11 is 0. The zero-order valence-corrected chi connectivity index (χ0v) is 19.7. The molecule has 1 N–H and O–H groups in total. The average molecular weight is 436 g/mol. The first-order chi connectivity index (χ1) is 15.7. The molecule has 1 nitrogen and oxygen atoms in total. The Morgan fingerprint density at radius 1 is 0.719 bits per heavy atom. The lowest BCUT2D eigenvalue weighted by molar-refractivity contribution is -0.502. The average Bonchev–Trinajstić information content (AvgIpc) is 2.84. The van der Waals surface area contributed by atoms with Gasteiger partial charge >= 0.3 is 0 Å². The lowest BCUT2D eigenvalue weighted by Gasteiger charge is -2.23. The number of nitrogens with one attached hydrogen (secondary N) is 1. The van der Waals surface area contributed by atoms with Crippen LogP contribution in [0.3, 0.4) is 0 Å². The molecule has 0 aliphatic heterocycles. The van der Waals surface area contributed by atoms with Crippen LogP contribution in [0.25, 0.3) is 0 Å². The zero-order valence-electron chi connectivity index (χ0n) is 18.8. The smallest absolute Gasteiger partial charge is 0.170 e. The van der Waals surface area contributed by atoms with Crippen molar-refractivity contribution >= 4 is 24.2 Å². The van der Waals surface area contributed by atoms with E-state index in [1.54, 1.807) is 0 Å². The molecule has 0 radical (unpaired) electrons. The fourth-order valence-electron chi connectivity index (χ4n) is 3.91. The second-order valence-electron chi connectivity index (χ2n) is 8.23. The van der Waals surface area contributed by atoms with Gasteiger partial charge in [0.2, 0.25) is 0 Å². The molecule has 4 rings (SSSR count). The summed E-state index contributed by atoms with van der Waals surface area (Å²) in [5.74, 6) is 0.374. The maximum Gasteiger partial charge on any atom is 0.170 e. The molecule has 0 bridgehead atoms. The fourth-order valence-corrected chi connectivity index (χ4v) is 6.36. The van der Waals surface area contributed by atoms with Crippen molar-refractivity contribution in [1.82, 2.24) is 0 Å². The maximum absolute atomic E-state index is 3.89. The molecule has 0 spiro atoms. The van der Waals surface area contributed by atoms with Gasteiger partial charge < -0.3 is 0 Å². The van der Waals surface area contributed by atoms with Crippen molar-refractivity contribution < 1.29 is 4.99 Å². The Balaban J connectivity index is 1.77. The van der Waals surface area contributed by atoms with E-state index in [1.165, 1.54) is 16.2 Å². The Labute approximate surface area is 193 Å². The topological polar surface area (TPSA) is 14.0 Å². The summed E-state index contributed by atoms with van der Waals surface area (Å²) in [7, 11) is -0.519. The maximum atomic E-state index is 3.89. The van der Waals surface area contributed by atoms with E-state index in [9.17, 15) is 0 Å². The van der Waals surface area contributed by atoms with Crippen LogP contribution in [0.4, 0.5) is 0 Å². The third-order valence-corrected chi connectivity index (χ3v) is 7.98. The zero-order chi connectivity index (χ0) is 22.2. The molecule has 0 aromatic heterocycles. The van der Waals surface area contributed by atoms with Crippen LogP contribution in [0.2, 0.25) is 0 Å². The number of rotatable bonds is 7. The van der Waals surface area contributed by atoms with Gasteiger partial charge in [0.05, 0.1) is 5.71 Å². The minimum Gasteiger partial charge on any atom is -0.288 e. The molecule has 1 unspecified atom stereocenters. The van der Waals surface area contributed by atoms with Crippen LogP contribution < -0.4 is 15.6 Å². The third-order valence-electron chi connectivity index (χ3n) is 5.40. The summed E-state index contributed by atoms with van der Waals surface area (Å²) in [6.07, 6.45) is 13.1. The number of benzene rings is 3. The van der Waals surface area contributed by atoms with E-state index < -0.39 is 7.92 Å². The quantitative estimate of drug-likeness (QED) is 0.401. The molecule has 0 heterocycles. The van der Waals surface area contributed by atoms with E-state index in [0.29, 0.717) is 5.92 Å². The summed E-state index contributed by atoms with van der Waals surface area (Å²) in [6.45, 7) is 4.35. The van der Waals surface area contributed by atoms with Gasteiger partial charge in [-0.1, -0.05) is 117 Å². The molecular weight excluding hydrogens is 405 g/mol. The standard InChI is InChI=1S/C30H29NP/c1-24(2)22-26-16-12-13-21-29(26)31-30(25-14-6-3-7-15-25)23-32(27-17-8-4-9-18-27)28-19-10-5-11-20-28/h3-21,24,30H,23H2,1-2H3/q-1/p+1. The van der Waals surface area contributed by atoms with Crippen LogP contribution in [0.5, 0.6) is 0 Å². The molecule has 1 atom stereocenters. The van der Waals surface area contributed by atoms with E-state index in [0.717, 1.165) is 17.4 Å². The van der Waals surface area contributed by atoms with Gasteiger partial charge in [0.25, 0.3) is 0 Å². The van der Waals surface area contributed by atoms with Crippen molar-refractivity contribution in [2.75, 3.05) is 6.16 Å². The van der Waals surface area contributed by atoms with Gasteiger partial charge in [-0.3, -0.25) is 4.99 Å². The number of hydrogen-bond acceptors (Lipinski definition) is 0. The van der Waals surface area contributed by atoms with E-state index in [-0.39, 0.29) is 6.04 Å². The van der Waals surface area contributed by atoms with Gasteiger partial charge in [0.15, 0.2) is 6.04 Å². The Bertz CT molecular complexity index is 1070. The molecule has 3 aromatic carbocycles. The van der Waals surface area contributed by atoms with Crippen molar-refractivity contribution in [2.24, 2.45) is 5.92 Å². The van der Waals surface area contributed by atoms with Crippen LogP contribution in [0.15, 0.2) is 121 Å². The van der Waals surface area contributed by atoms with Crippen LogP contribution in [-0.2, 0) is 0 Å². The molecule has 0 saturated heterocycles. The van der Waals surface area contributed by atoms with Gasteiger partial charge in [-0.25, -0.2) is 0 Å². The van der Waals surface area contributed by atoms with Crippen LogP contribution in [0, 0.1) is 12.0 Å². The van der Waals surface area contributed by atoms with Crippen molar-refractivity contribution in [3.05, 3.63) is 133 Å². The molecule has 0 fully saturated rings. The summed E-state index contributed by atoms with van der Waals surface area (Å²) in [5.41, 5.74) is 3.60. The van der Waals surface area contributed by atoms with Gasteiger partial charge in [-0.05, 0) is 24.6 Å². The first kappa shape index (κ1) is 22.2. The number of allylic oxidation sites excluding steroid dienone is 6. The molecule has 1 aliphatic carbocycles. The molecule has 3 aromatic rings. The lowest BCUT2D eigenvalue weighted by Crippen LogP contribution is -2.75. The van der Waals surface area contributed by atoms with Crippen LogP contribution >= 0.6 is 7.92 Å². The highest BCUT2D eigenvalue weighted by atomic mass is 31.1. The Morgan fingerprint density at radius 2 is 1.25 bits per heavy atom. The second-order valence-corrected chi connectivity index (χ2v) is 10.5. The summed E-state index contributed by atoms with van der Waals surface area (Å²) < 4.78 is 0. The van der Waals surface area contributed by atoms with Gasteiger partial charge in [-0.2, -0.15) is 12.2 Å². The molecule has 0 saturated carbocycles. The van der Waals surface area contributed by atoms with Crippen molar-refractivity contribution in [1.29, 1.82) is 0 Å². The summed E-state index contributed by atoms with van der Waals surface area (Å²) in [5, 5.41) is 2.81. The Hall–Kier alpha value is -3.02. The third kappa shape index (κ3) is 5.81. The van der Waals surface area contributed by atoms with E-state index in [1.807, 2.05) is 0 Å². The van der Waals surface area contributed by atoms with Gasteiger partial charge in [0.1, 0.15) is 0 Å². The molecule has 0 amide bonds. The number of hydrogen-bond donors (Lipinski definition) is 1. The monoisotopic (exact) mass is 435 g/mol. The fraction of sp³-hybridized carbons (Fsp3) is 0.167. The van der Waals surface area contributed by atoms with Gasteiger partial charge in [0, 0.05) is 11.7 Å². The Kier molecular flexibility index (Phi) is 7.64. The highest BCUT2D eigenvalue weighted by Gasteiger charge is 2.24. The predicted molar refractivity (Wildman–Crippen MR) is 139 cm³/mol. The largest absolute Gasteiger partial charge is 0.288 e. The van der Waals surface area contributed by atoms with Crippen LogP contribution in [-0.4, -0.2) is 11.9 Å². The summed E-state index contributed by atoms with van der Waals surface area (Å²) in [6, 6.07) is 32.9. The first-order valence-electron chi connectivity index (χ1n) is 11.3. The minimum absolute atomic E-state index is 0.192. The highest BCUT2D eigenvalue weighted by molar-refractivity contribution is 7.73. The molecular formula is C30H30NP. The first-order valence-corrected chi connectivity index (χ1v) is 12.8. The normalized spacial score (nSPS) is 16.9. The molecule has 160 valence electrons. The van der Waals surface area contributed by atoms with Crippen LogP contribution in [0.1, 0.15) is 25.5 Å². The van der Waals surface area contributed by atoms with Crippen molar-refractivity contribution in [3.8, 4) is 0 Å². The lowest BCUT2D eigenvalue weighted by atomic mass is 10.00. The molecule has 2 heteroatoms. The second kappa shape index (κ2) is 11.0. The Morgan fingerprint density at radius 3 is 1.81 bits per heavy atom.